The van der Waals surface area contributed by atoms with Gasteiger partial charge in [-0.1, -0.05) is 0 Å². The molecule has 0 aliphatic heterocycles. The lowest BCUT2D eigenvalue weighted by atomic mass is 10.2. The van der Waals surface area contributed by atoms with Gasteiger partial charge in [-0.15, -0.1) is 0 Å². The van der Waals surface area contributed by atoms with Crippen LogP contribution in [-0.2, 0) is 4.79 Å². The molecule has 0 saturated heterocycles. The number of nitrogens with one attached hydrogen (secondary N) is 1. The van der Waals surface area contributed by atoms with Gasteiger partial charge in [0.1, 0.15) is 5.82 Å². The van der Waals surface area contributed by atoms with Crippen molar-refractivity contribution >= 4 is 33.2 Å². The van der Waals surface area contributed by atoms with Crippen LogP contribution in [0.4, 0.5) is 28.9 Å². The Morgan fingerprint density at radius 3 is 2.44 bits per heavy atom. The second-order valence-corrected chi connectivity index (χ2v) is 3.66. The van der Waals surface area contributed by atoms with E-state index in [-0.39, 0.29) is 15.8 Å². The third-order valence-electron chi connectivity index (χ3n) is 1.59. The molecule has 88 valence electrons. The first-order valence-electron chi connectivity index (χ1n) is 3.84. The van der Waals surface area contributed by atoms with Gasteiger partial charge in [-0.25, -0.2) is 4.39 Å². The quantitative estimate of drug-likeness (QED) is 0.619. The van der Waals surface area contributed by atoms with Crippen LogP contribution in [-0.4, -0.2) is 12.1 Å². The number of benzene rings is 1. The number of nitrogens with two attached hydrogens (primary N) is 1. The lowest BCUT2D eigenvalue weighted by Crippen LogP contribution is -2.30. The van der Waals surface area contributed by atoms with Gasteiger partial charge in [0, 0.05) is 10.5 Å². The molecule has 0 atom stereocenters. The van der Waals surface area contributed by atoms with E-state index in [0.29, 0.717) is 6.07 Å². The van der Waals surface area contributed by atoms with Crippen LogP contribution in [0.5, 0.6) is 0 Å². The van der Waals surface area contributed by atoms with Crippen LogP contribution in [0.3, 0.4) is 0 Å². The van der Waals surface area contributed by atoms with Crippen molar-refractivity contribution in [2.75, 3.05) is 11.1 Å². The van der Waals surface area contributed by atoms with E-state index in [1.54, 1.807) is 0 Å². The fraction of sp³-hybridized carbons (Fsp3) is 0.125. The van der Waals surface area contributed by atoms with Crippen molar-refractivity contribution in [1.82, 2.24) is 0 Å². The van der Waals surface area contributed by atoms with E-state index in [2.05, 4.69) is 15.9 Å². The first-order valence-corrected chi connectivity index (χ1v) is 4.64. The third-order valence-corrected chi connectivity index (χ3v) is 2.25. The van der Waals surface area contributed by atoms with Crippen molar-refractivity contribution < 1.29 is 22.4 Å². The zero-order valence-electron chi connectivity index (χ0n) is 7.53. The minimum absolute atomic E-state index is 0.0593. The number of nitrogen functional groups attached to an aromatic ring is 1. The number of amides is 1. The second kappa shape index (κ2) is 4.28. The average Bonchev–Trinajstić information content (AvgIpc) is 2.12. The highest BCUT2D eigenvalue weighted by atomic mass is 79.9. The predicted octanol–water partition coefficient (Wildman–Crippen LogP) is 2.67. The van der Waals surface area contributed by atoms with Gasteiger partial charge >= 0.3 is 12.1 Å². The zero-order chi connectivity index (χ0) is 12.5. The first kappa shape index (κ1) is 12.8. The molecular formula is C8H5BrF4N2O. The Balaban J connectivity index is 2.99. The number of hydrogen-bond acceptors (Lipinski definition) is 2. The number of alkyl halides is 3. The maximum Gasteiger partial charge on any atom is 0.471 e. The van der Waals surface area contributed by atoms with Gasteiger partial charge in [-0.2, -0.15) is 13.2 Å². The highest BCUT2D eigenvalue weighted by Gasteiger charge is 2.39. The number of hydrogen-bond donors (Lipinski definition) is 2. The van der Waals surface area contributed by atoms with E-state index < -0.39 is 17.9 Å². The van der Waals surface area contributed by atoms with E-state index in [1.807, 2.05) is 0 Å². The summed E-state index contributed by atoms with van der Waals surface area (Å²) in [7, 11) is 0. The van der Waals surface area contributed by atoms with Gasteiger partial charge in [0.05, 0.1) is 11.4 Å². The molecule has 3 nitrogen and oxygen atoms in total. The van der Waals surface area contributed by atoms with Crippen LogP contribution < -0.4 is 11.1 Å². The lowest BCUT2D eigenvalue weighted by molar-refractivity contribution is -0.167. The molecule has 1 amide bonds. The fourth-order valence-corrected chi connectivity index (χ4v) is 1.31. The lowest BCUT2D eigenvalue weighted by Gasteiger charge is -2.10. The van der Waals surface area contributed by atoms with E-state index in [1.165, 1.54) is 5.32 Å². The van der Waals surface area contributed by atoms with E-state index in [4.69, 9.17) is 5.73 Å². The van der Waals surface area contributed by atoms with Crippen LogP contribution >= 0.6 is 15.9 Å². The summed E-state index contributed by atoms with van der Waals surface area (Å²) in [6.07, 6.45) is -5.03. The van der Waals surface area contributed by atoms with Crippen molar-refractivity contribution in [3.05, 3.63) is 22.4 Å². The molecule has 0 aromatic heterocycles. The van der Waals surface area contributed by atoms with E-state index in [0.717, 1.165) is 6.07 Å². The van der Waals surface area contributed by atoms with Crippen molar-refractivity contribution in [3.63, 3.8) is 0 Å². The summed E-state index contributed by atoms with van der Waals surface area (Å²) in [5, 5.41) is 1.51. The molecule has 0 unspecified atom stereocenters. The summed E-state index contributed by atoms with van der Waals surface area (Å²) in [6.45, 7) is 0. The summed E-state index contributed by atoms with van der Waals surface area (Å²) in [4.78, 5) is 10.6. The van der Waals surface area contributed by atoms with Gasteiger partial charge in [-0.05, 0) is 22.0 Å². The van der Waals surface area contributed by atoms with Crippen molar-refractivity contribution in [1.29, 1.82) is 0 Å². The summed E-state index contributed by atoms with van der Waals surface area (Å²) < 4.78 is 48.7. The molecule has 0 aliphatic rings. The Kier molecular flexibility index (Phi) is 3.41. The van der Waals surface area contributed by atoms with Crippen LogP contribution in [0.15, 0.2) is 16.6 Å². The molecule has 1 rings (SSSR count). The van der Waals surface area contributed by atoms with Crippen molar-refractivity contribution in [2.45, 2.75) is 6.18 Å². The second-order valence-electron chi connectivity index (χ2n) is 2.81. The summed E-state index contributed by atoms with van der Waals surface area (Å²) in [6, 6.07) is 1.75. The summed E-state index contributed by atoms with van der Waals surface area (Å²) >= 11 is 2.85. The normalized spacial score (nSPS) is 11.3. The number of carbonyl (C=O) groups excluding carboxylic acids is 1. The Hall–Kier alpha value is -1.31. The molecule has 0 fully saturated rings. The van der Waals surface area contributed by atoms with Crippen molar-refractivity contribution in [3.8, 4) is 0 Å². The van der Waals surface area contributed by atoms with Crippen LogP contribution in [0.2, 0.25) is 0 Å². The molecule has 3 N–H and O–H groups in total. The summed E-state index contributed by atoms with van der Waals surface area (Å²) in [5.41, 5.74) is 4.59. The Labute approximate surface area is 95.7 Å². The van der Waals surface area contributed by atoms with Gasteiger partial charge in [0.2, 0.25) is 0 Å². The van der Waals surface area contributed by atoms with E-state index in [9.17, 15) is 22.4 Å². The molecule has 0 aliphatic carbocycles. The monoisotopic (exact) mass is 300 g/mol. The Morgan fingerprint density at radius 1 is 1.38 bits per heavy atom. The largest absolute Gasteiger partial charge is 0.471 e. The maximum atomic E-state index is 12.9. The Bertz CT molecular complexity index is 433. The first-order chi connectivity index (χ1) is 7.21. The van der Waals surface area contributed by atoms with Gasteiger partial charge in [-0.3, -0.25) is 4.79 Å². The van der Waals surface area contributed by atoms with Gasteiger partial charge in [0.15, 0.2) is 0 Å². The van der Waals surface area contributed by atoms with Crippen molar-refractivity contribution in [2.24, 2.45) is 0 Å². The maximum absolute atomic E-state index is 12.9. The van der Waals surface area contributed by atoms with Crippen LogP contribution in [0.1, 0.15) is 0 Å². The van der Waals surface area contributed by atoms with Gasteiger partial charge in [0.25, 0.3) is 0 Å². The topological polar surface area (TPSA) is 55.1 Å². The third kappa shape index (κ3) is 2.84. The minimum Gasteiger partial charge on any atom is -0.396 e. The molecule has 1 aromatic carbocycles. The standard InChI is InChI=1S/C8H5BrF4N2O/c9-3-1-5(14)4(10)2-6(3)15-7(16)8(11,12)13/h1-2H,14H2,(H,15,16). The molecule has 0 heterocycles. The minimum atomic E-state index is -5.03. The molecule has 0 radical (unpaired) electrons. The van der Waals surface area contributed by atoms with Crippen LogP contribution in [0, 0.1) is 5.82 Å². The molecule has 0 saturated carbocycles. The summed E-state index contributed by atoms with van der Waals surface area (Å²) in [5.74, 6) is -3.10. The highest BCUT2D eigenvalue weighted by molar-refractivity contribution is 9.10. The van der Waals surface area contributed by atoms with Crippen LogP contribution in [0.25, 0.3) is 0 Å². The zero-order valence-corrected chi connectivity index (χ0v) is 9.12. The molecule has 0 spiro atoms. The fourth-order valence-electron chi connectivity index (χ4n) is 0.851. The smallest absolute Gasteiger partial charge is 0.396 e. The number of halogens is 5. The van der Waals surface area contributed by atoms with E-state index >= 15 is 0 Å². The highest BCUT2D eigenvalue weighted by Crippen LogP contribution is 2.28. The predicted molar refractivity (Wildman–Crippen MR) is 53.2 cm³/mol. The number of carbonyl (C=O) groups is 1. The number of rotatable bonds is 1. The number of anilines is 2. The van der Waals surface area contributed by atoms with Gasteiger partial charge < -0.3 is 11.1 Å². The molecule has 1 aromatic rings. The molecule has 0 bridgehead atoms. The Morgan fingerprint density at radius 2 is 1.94 bits per heavy atom. The molecule has 16 heavy (non-hydrogen) atoms. The SMILES string of the molecule is Nc1cc(Br)c(NC(=O)C(F)(F)F)cc1F. The average molecular weight is 301 g/mol. The molecule has 8 heteroatoms. The molecular weight excluding hydrogens is 296 g/mol.